The monoisotopic (exact) mass is 474 g/mol. The largest absolute Gasteiger partial charge is 0.382 e. The SMILES string of the molecule is CCc1nc2c(C)cc(C)nc2n1Cc1ccc(N[C@H]2CC[C@@H](C(=O)NN3CCCC3)CC2)cc1. The third-order valence-corrected chi connectivity index (χ3v) is 7.56. The molecule has 0 bridgehead atoms. The van der Waals surface area contributed by atoms with E-state index in [0.717, 1.165) is 80.1 Å². The van der Waals surface area contributed by atoms with E-state index in [4.69, 9.17) is 9.97 Å². The summed E-state index contributed by atoms with van der Waals surface area (Å²) in [5.41, 5.74) is 9.72. The lowest BCUT2D eigenvalue weighted by Gasteiger charge is -2.30. The molecule has 0 spiro atoms. The highest BCUT2D eigenvalue weighted by Crippen LogP contribution is 2.28. The zero-order valence-corrected chi connectivity index (χ0v) is 21.3. The number of carbonyl (C=O) groups excluding carboxylic acids is 1. The molecule has 1 amide bonds. The molecule has 1 aliphatic carbocycles. The van der Waals surface area contributed by atoms with Gasteiger partial charge in [-0.15, -0.1) is 0 Å². The average Bonchev–Trinajstić information content (AvgIpc) is 3.49. The van der Waals surface area contributed by atoms with Gasteiger partial charge in [-0.1, -0.05) is 19.1 Å². The van der Waals surface area contributed by atoms with E-state index in [9.17, 15) is 4.79 Å². The van der Waals surface area contributed by atoms with Crippen molar-refractivity contribution in [3.05, 3.63) is 53.0 Å². The second-order valence-electron chi connectivity index (χ2n) is 10.3. The van der Waals surface area contributed by atoms with Crippen LogP contribution < -0.4 is 10.7 Å². The Kier molecular flexibility index (Phi) is 7.04. The van der Waals surface area contributed by atoms with Crippen molar-refractivity contribution in [2.75, 3.05) is 18.4 Å². The predicted octanol–water partition coefficient (Wildman–Crippen LogP) is 4.76. The first-order valence-electron chi connectivity index (χ1n) is 13.2. The first-order chi connectivity index (χ1) is 17.0. The molecule has 0 radical (unpaired) electrons. The normalized spacial score (nSPS) is 20.9. The smallest absolute Gasteiger partial charge is 0.237 e. The summed E-state index contributed by atoms with van der Waals surface area (Å²) in [5.74, 6) is 1.44. The minimum absolute atomic E-state index is 0.148. The van der Waals surface area contributed by atoms with Crippen LogP contribution in [0.2, 0.25) is 0 Å². The summed E-state index contributed by atoms with van der Waals surface area (Å²) in [4.78, 5) is 22.2. The van der Waals surface area contributed by atoms with Gasteiger partial charge in [0.25, 0.3) is 0 Å². The van der Waals surface area contributed by atoms with Crippen molar-refractivity contribution < 1.29 is 4.79 Å². The van der Waals surface area contributed by atoms with Gasteiger partial charge in [0.1, 0.15) is 11.3 Å². The Bertz CT molecular complexity index is 1170. The number of rotatable bonds is 7. The Morgan fingerprint density at radius 2 is 1.74 bits per heavy atom. The van der Waals surface area contributed by atoms with E-state index in [0.29, 0.717) is 6.04 Å². The fourth-order valence-corrected chi connectivity index (χ4v) is 5.59. The molecule has 7 heteroatoms. The molecule has 0 atom stereocenters. The number of carbonyl (C=O) groups is 1. The minimum Gasteiger partial charge on any atom is -0.382 e. The Morgan fingerprint density at radius 3 is 2.43 bits per heavy atom. The fraction of sp³-hybridized carbons (Fsp3) is 0.536. The predicted molar refractivity (Wildman–Crippen MR) is 140 cm³/mol. The van der Waals surface area contributed by atoms with Crippen molar-refractivity contribution in [1.29, 1.82) is 0 Å². The van der Waals surface area contributed by atoms with Crippen LogP contribution >= 0.6 is 0 Å². The Labute approximate surface area is 208 Å². The van der Waals surface area contributed by atoms with Crippen LogP contribution in [0.4, 0.5) is 5.69 Å². The highest BCUT2D eigenvalue weighted by molar-refractivity contribution is 5.78. The molecule has 0 unspecified atom stereocenters. The maximum atomic E-state index is 12.6. The van der Waals surface area contributed by atoms with Gasteiger partial charge in [0.15, 0.2) is 5.65 Å². The first kappa shape index (κ1) is 23.8. The number of hydrazine groups is 1. The molecule has 5 rings (SSSR count). The molecule has 3 heterocycles. The molecule has 1 saturated heterocycles. The number of nitrogens with one attached hydrogen (secondary N) is 2. The van der Waals surface area contributed by atoms with Gasteiger partial charge in [0.2, 0.25) is 5.91 Å². The molecule has 186 valence electrons. The van der Waals surface area contributed by atoms with E-state index in [-0.39, 0.29) is 11.8 Å². The summed E-state index contributed by atoms with van der Waals surface area (Å²) in [5, 5.41) is 5.78. The average molecular weight is 475 g/mol. The van der Waals surface area contributed by atoms with Crippen LogP contribution in [0.25, 0.3) is 11.2 Å². The number of imidazole rings is 1. The molecule has 1 aliphatic heterocycles. The number of nitrogens with zero attached hydrogens (tertiary/aromatic N) is 4. The van der Waals surface area contributed by atoms with Gasteiger partial charge in [0.05, 0.1) is 6.54 Å². The highest BCUT2D eigenvalue weighted by Gasteiger charge is 2.27. The van der Waals surface area contributed by atoms with Gasteiger partial charge >= 0.3 is 0 Å². The second kappa shape index (κ2) is 10.4. The van der Waals surface area contributed by atoms with Gasteiger partial charge in [-0.2, -0.15) is 0 Å². The topological polar surface area (TPSA) is 75.1 Å². The Morgan fingerprint density at radius 1 is 1.03 bits per heavy atom. The number of fused-ring (bicyclic) bond motifs is 1. The van der Waals surface area contributed by atoms with E-state index in [1.807, 2.05) is 6.92 Å². The molecule has 2 aromatic heterocycles. The Balaban J connectivity index is 1.18. The number of pyridine rings is 1. The van der Waals surface area contributed by atoms with Crippen molar-refractivity contribution in [3.63, 3.8) is 0 Å². The maximum absolute atomic E-state index is 12.6. The lowest BCUT2D eigenvalue weighted by atomic mass is 9.85. The van der Waals surface area contributed by atoms with Gasteiger partial charge in [-0.25, -0.2) is 15.0 Å². The molecule has 1 saturated carbocycles. The van der Waals surface area contributed by atoms with Gasteiger partial charge in [-0.05, 0) is 81.7 Å². The molecular formula is C28H38N6O. The van der Waals surface area contributed by atoms with E-state index in [1.165, 1.54) is 24.0 Å². The lowest BCUT2D eigenvalue weighted by Crippen LogP contribution is -2.44. The zero-order valence-electron chi connectivity index (χ0n) is 21.3. The molecule has 7 nitrogen and oxygen atoms in total. The van der Waals surface area contributed by atoms with Crippen molar-refractivity contribution in [2.45, 2.75) is 78.3 Å². The van der Waals surface area contributed by atoms with Gasteiger partial charge in [0, 0.05) is 42.9 Å². The van der Waals surface area contributed by atoms with Crippen molar-refractivity contribution in [3.8, 4) is 0 Å². The lowest BCUT2D eigenvalue weighted by molar-refractivity contribution is -0.130. The fourth-order valence-electron chi connectivity index (χ4n) is 5.59. The number of aryl methyl sites for hydroxylation is 3. The number of anilines is 1. The van der Waals surface area contributed by atoms with Crippen LogP contribution in [0.1, 0.15) is 68.1 Å². The van der Waals surface area contributed by atoms with E-state index in [2.05, 4.69) is 64.5 Å². The number of benzene rings is 1. The quantitative estimate of drug-likeness (QED) is 0.517. The molecule has 3 aromatic rings. The van der Waals surface area contributed by atoms with Crippen LogP contribution in [0.5, 0.6) is 0 Å². The van der Waals surface area contributed by atoms with Crippen LogP contribution in [0.3, 0.4) is 0 Å². The number of amides is 1. The molecule has 35 heavy (non-hydrogen) atoms. The molecular weight excluding hydrogens is 436 g/mol. The summed E-state index contributed by atoms with van der Waals surface area (Å²) < 4.78 is 2.26. The summed E-state index contributed by atoms with van der Waals surface area (Å²) in [6, 6.07) is 11.3. The molecule has 1 aromatic carbocycles. The summed E-state index contributed by atoms with van der Waals surface area (Å²) in [7, 11) is 0. The van der Waals surface area contributed by atoms with Crippen LogP contribution in [-0.2, 0) is 17.8 Å². The molecule has 2 fully saturated rings. The summed E-state index contributed by atoms with van der Waals surface area (Å²) in [6.45, 7) is 9.06. The van der Waals surface area contributed by atoms with E-state index in [1.54, 1.807) is 0 Å². The zero-order chi connectivity index (χ0) is 24.4. The molecule has 2 aliphatic rings. The highest BCUT2D eigenvalue weighted by atomic mass is 16.2. The van der Waals surface area contributed by atoms with Crippen molar-refractivity contribution >= 4 is 22.8 Å². The van der Waals surface area contributed by atoms with E-state index < -0.39 is 0 Å². The Hall–Kier alpha value is -2.93. The number of hydrogen-bond donors (Lipinski definition) is 2. The second-order valence-corrected chi connectivity index (χ2v) is 10.3. The van der Waals surface area contributed by atoms with Crippen LogP contribution in [-0.4, -0.2) is 44.6 Å². The van der Waals surface area contributed by atoms with Crippen molar-refractivity contribution in [2.24, 2.45) is 5.92 Å². The number of hydrogen-bond acceptors (Lipinski definition) is 5. The number of aromatic nitrogens is 3. The molecule has 2 N–H and O–H groups in total. The third-order valence-electron chi connectivity index (χ3n) is 7.56. The summed E-state index contributed by atoms with van der Waals surface area (Å²) in [6.07, 6.45) is 7.22. The van der Waals surface area contributed by atoms with Gasteiger partial charge < -0.3 is 9.88 Å². The van der Waals surface area contributed by atoms with Crippen LogP contribution in [0.15, 0.2) is 30.3 Å². The third kappa shape index (κ3) is 5.35. The summed E-state index contributed by atoms with van der Waals surface area (Å²) >= 11 is 0. The minimum atomic E-state index is 0.148. The van der Waals surface area contributed by atoms with Gasteiger partial charge in [-0.3, -0.25) is 10.2 Å². The first-order valence-corrected chi connectivity index (χ1v) is 13.2. The maximum Gasteiger partial charge on any atom is 0.237 e. The standard InChI is InChI=1S/C28H38N6O/c1-4-25-31-26-19(2)17-20(3)29-27(26)34(25)18-21-7-11-23(12-8-21)30-24-13-9-22(10-14-24)28(35)32-33-15-5-6-16-33/h7-8,11-12,17,22,24,30H,4-6,9-10,13-16,18H2,1-3H3,(H,32,35)/t22-,24+. The van der Waals surface area contributed by atoms with E-state index >= 15 is 0 Å². The van der Waals surface area contributed by atoms with Crippen LogP contribution in [0, 0.1) is 19.8 Å². The van der Waals surface area contributed by atoms with Crippen molar-refractivity contribution in [1.82, 2.24) is 25.0 Å².